The third-order valence-corrected chi connectivity index (χ3v) is 2.89. The number of methoxy groups -OCH3 is 1. The van der Waals surface area contributed by atoms with E-state index in [1.807, 2.05) is 0 Å². The highest BCUT2D eigenvalue weighted by Gasteiger charge is 2.16. The highest BCUT2D eigenvalue weighted by molar-refractivity contribution is 6.06. The predicted molar refractivity (Wildman–Crippen MR) is 82.6 cm³/mol. The van der Waals surface area contributed by atoms with Crippen LogP contribution in [-0.4, -0.2) is 37.8 Å². The number of pyridine rings is 1. The molecule has 0 aliphatic rings. The number of hydrogen-bond acceptors (Lipinski definition) is 5. The molecule has 8 heteroatoms. The van der Waals surface area contributed by atoms with Gasteiger partial charge < -0.3 is 19.5 Å². The first-order valence-electron chi connectivity index (χ1n) is 7.03. The zero-order valence-corrected chi connectivity index (χ0v) is 12.9. The fraction of sp³-hybridized carbons (Fsp3) is 0.250. The van der Waals surface area contributed by atoms with E-state index in [0.29, 0.717) is 6.61 Å². The second-order valence-corrected chi connectivity index (χ2v) is 4.53. The smallest absolute Gasteiger partial charge is 0.387 e. The van der Waals surface area contributed by atoms with Crippen LogP contribution in [0.5, 0.6) is 11.6 Å². The fourth-order valence-corrected chi connectivity index (χ4v) is 1.86. The summed E-state index contributed by atoms with van der Waals surface area (Å²) in [7, 11) is 1.52. The number of carbonyl (C=O) groups excluding carboxylic acids is 1. The number of nitrogens with zero attached hydrogens (tertiary/aromatic N) is 1. The minimum atomic E-state index is -2.99. The Morgan fingerprint density at radius 3 is 2.75 bits per heavy atom. The van der Waals surface area contributed by atoms with Crippen LogP contribution in [0.4, 0.5) is 14.5 Å². The quantitative estimate of drug-likeness (QED) is 0.750. The van der Waals surface area contributed by atoms with Gasteiger partial charge in [-0.1, -0.05) is 12.1 Å². The molecule has 1 N–H and O–H groups in total. The molecule has 2 rings (SSSR count). The van der Waals surface area contributed by atoms with Gasteiger partial charge in [0, 0.05) is 13.3 Å². The number of amides is 1. The molecule has 0 unspecified atom stereocenters. The number of carbonyl (C=O) groups is 1. The van der Waals surface area contributed by atoms with E-state index in [1.54, 1.807) is 12.1 Å². The van der Waals surface area contributed by atoms with Crippen LogP contribution >= 0.6 is 0 Å². The molecule has 0 atom stereocenters. The zero-order chi connectivity index (χ0) is 17.4. The Bertz CT molecular complexity index is 683. The fourth-order valence-electron chi connectivity index (χ4n) is 1.86. The summed E-state index contributed by atoms with van der Waals surface area (Å²) < 4.78 is 39.5. The molecule has 1 aromatic carbocycles. The van der Waals surface area contributed by atoms with E-state index in [-0.39, 0.29) is 29.5 Å². The third kappa shape index (κ3) is 4.88. The molecule has 2 aromatic rings. The monoisotopic (exact) mass is 338 g/mol. The number of rotatable bonds is 8. The van der Waals surface area contributed by atoms with Gasteiger partial charge in [-0.2, -0.15) is 8.78 Å². The van der Waals surface area contributed by atoms with Crippen molar-refractivity contribution in [2.24, 2.45) is 0 Å². The van der Waals surface area contributed by atoms with Crippen LogP contribution in [0.3, 0.4) is 0 Å². The van der Waals surface area contributed by atoms with E-state index in [9.17, 15) is 13.6 Å². The number of benzene rings is 1. The van der Waals surface area contributed by atoms with Crippen LogP contribution in [0, 0.1) is 0 Å². The Kier molecular flexibility index (Phi) is 6.44. The first-order chi connectivity index (χ1) is 11.6. The van der Waals surface area contributed by atoms with E-state index in [1.165, 1.54) is 37.6 Å². The number of hydrogen-bond donors (Lipinski definition) is 1. The number of nitrogens with one attached hydrogen (secondary N) is 1. The third-order valence-electron chi connectivity index (χ3n) is 2.89. The number of aromatic nitrogens is 1. The van der Waals surface area contributed by atoms with Crippen molar-refractivity contribution >= 4 is 11.6 Å². The van der Waals surface area contributed by atoms with Gasteiger partial charge in [0.1, 0.15) is 17.9 Å². The van der Waals surface area contributed by atoms with Gasteiger partial charge in [-0.3, -0.25) is 4.79 Å². The maximum absolute atomic E-state index is 12.4. The molecular formula is C16H16F2N2O4. The van der Waals surface area contributed by atoms with E-state index < -0.39 is 12.5 Å². The molecule has 0 spiro atoms. The molecule has 1 amide bonds. The second-order valence-electron chi connectivity index (χ2n) is 4.53. The number of para-hydroxylation sites is 2. The zero-order valence-electron chi connectivity index (χ0n) is 12.9. The number of ether oxygens (including phenoxy) is 3. The van der Waals surface area contributed by atoms with Crippen LogP contribution in [0.1, 0.15) is 10.4 Å². The Hall–Kier alpha value is -2.74. The average molecular weight is 338 g/mol. The number of halogens is 2. The normalized spacial score (nSPS) is 10.5. The van der Waals surface area contributed by atoms with E-state index in [4.69, 9.17) is 9.47 Å². The van der Waals surface area contributed by atoms with Gasteiger partial charge in [-0.25, -0.2) is 4.98 Å². The topological polar surface area (TPSA) is 69.7 Å². The molecule has 6 nitrogen and oxygen atoms in total. The molecule has 0 aliphatic heterocycles. The molecule has 0 aliphatic carbocycles. The molecule has 1 heterocycles. The molecule has 0 saturated carbocycles. The Balaban J connectivity index is 2.16. The Morgan fingerprint density at radius 2 is 2.00 bits per heavy atom. The van der Waals surface area contributed by atoms with Crippen molar-refractivity contribution < 1.29 is 27.8 Å². The van der Waals surface area contributed by atoms with Crippen LogP contribution in [-0.2, 0) is 4.74 Å². The van der Waals surface area contributed by atoms with Crippen molar-refractivity contribution in [2.45, 2.75) is 6.61 Å². The first-order valence-corrected chi connectivity index (χ1v) is 7.03. The van der Waals surface area contributed by atoms with Gasteiger partial charge in [0.25, 0.3) is 5.91 Å². The average Bonchev–Trinajstić information content (AvgIpc) is 2.57. The summed E-state index contributed by atoms with van der Waals surface area (Å²) >= 11 is 0. The molecule has 128 valence electrons. The minimum absolute atomic E-state index is 0.120. The standard InChI is InChI=1S/C16H16F2N2O4/c1-22-9-10-23-15-11(5-4-8-19-15)14(21)20-12-6-2-3-7-13(12)24-16(17)18/h2-8,16H,9-10H2,1H3,(H,20,21). The summed E-state index contributed by atoms with van der Waals surface area (Å²) in [6.07, 6.45) is 1.48. The molecule has 0 saturated heterocycles. The van der Waals surface area contributed by atoms with Crippen LogP contribution in [0.25, 0.3) is 0 Å². The number of anilines is 1. The molecule has 1 aromatic heterocycles. The van der Waals surface area contributed by atoms with Crippen molar-refractivity contribution in [2.75, 3.05) is 25.6 Å². The van der Waals surface area contributed by atoms with Gasteiger partial charge in [-0.15, -0.1) is 0 Å². The van der Waals surface area contributed by atoms with Crippen molar-refractivity contribution in [3.8, 4) is 11.6 Å². The largest absolute Gasteiger partial charge is 0.475 e. The summed E-state index contributed by atoms with van der Waals surface area (Å²) in [5, 5.41) is 2.51. The van der Waals surface area contributed by atoms with Crippen molar-refractivity contribution in [3.63, 3.8) is 0 Å². The highest BCUT2D eigenvalue weighted by Crippen LogP contribution is 2.26. The number of alkyl halides is 2. The Morgan fingerprint density at radius 1 is 1.21 bits per heavy atom. The molecule has 0 bridgehead atoms. The molecule has 0 fully saturated rings. The first kappa shape index (κ1) is 17.6. The van der Waals surface area contributed by atoms with E-state index in [0.717, 1.165) is 0 Å². The van der Waals surface area contributed by atoms with Gasteiger partial charge in [-0.05, 0) is 24.3 Å². The van der Waals surface area contributed by atoms with Gasteiger partial charge >= 0.3 is 6.61 Å². The lowest BCUT2D eigenvalue weighted by Gasteiger charge is -2.13. The minimum Gasteiger partial charge on any atom is -0.475 e. The summed E-state index contributed by atoms with van der Waals surface area (Å²) in [6, 6.07) is 8.99. The summed E-state index contributed by atoms with van der Waals surface area (Å²) in [5.41, 5.74) is 0.287. The maximum Gasteiger partial charge on any atom is 0.387 e. The lowest BCUT2D eigenvalue weighted by atomic mass is 10.2. The lowest BCUT2D eigenvalue weighted by Crippen LogP contribution is -2.16. The summed E-state index contributed by atoms with van der Waals surface area (Å²) in [4.78, 5) is 16.4. The van der Waals surface area contributed by atoms with Gasteiger partial charge in [0.2, 0.25) is 5.88 Å². The van der Waals surface area contributed by atoms with E-state index >= 15 is 0 Å². The van der Waals surface area contributed by atoms with Crippen LogP contribution in [0.15, 0.2) is 42.6 Å². The van der Waals surface area contributed by atoms with Crippen LogP contribution < -0.4 is 14.8 Å². The summed E-state index contributed by atoms with van der Waals surface area (Å²) in [5.74, 6) is -0.563. The molecule has 24 heavy (non-hydrogen) atoms. The molecular weight excluding hydrogens is 322 g/mol. The van der Waals surface area contributed by atoms with Gasteiger partial charge in [0.05, 0.1) is 12.3 Å². The van der Waals surface area contributed by atoms with Crippen molar-refractivity contribution in [1.29, 1.82) is 0 Å². The van der Waals surface area contributed by atoms with Gasteiger partial charge in [0.15, 0.2) is 0 Å². The SMILES string of the molecule is COCCOc1ncccc1C(=O)Nc1ccccc1OC(F)F. The molecule has 0 radical (unpaired) electrons. The predicted octanol–water partition coefficient (Wildman–Crippen LogP) is 2.96. The van der Waals surface area contributed by atoms with E-state index in [2.05, 4.69) is 15.0 Å². The van der Waals surface area contributed by atoms with Crippen molar-refractivity contribution in [3.05, 3.63) is 48.2 Å². The second kappa shape index (κ2) is 8.78. The van der Waals surface area contributed by atoms with Crippen molar-refractivity contribution in [1.82, 2.24) is 4.98 Å². The Labute approximate surface area is 137 Å². The van der Waals surface area contributed by atoms with Crippen LogP contribution in [0.2, 0.25) is 0 Å². The maximum atomic E-state index is 12.4. The highest BCUT2D eigenvalue weighted by atomic mass is 19.3. The lowest BCUT2D eigenvalue weighted by molar-refractivity contribution is -0.0493. The summed E-state index contributed by atoms with van der Waals surface area (Å²) in [6.45, 7) is -2.43.